The van der Waals surface area contributed by atoms with Crippen molar-refractivity contribution < 1.29 is 9.47 Å². The van der Waals surface area contributed by atoms with Gasteiger partial charge in [-0.2, -0.15) is 0 Å². The highest BCUT2D eigenvalue weighted by molar-refractivity contribution is 6.30. The van der Waals surface area contributed by atoms with Crippen LogP contribution in [0.15, 0.2) is 72.8 Å². The molecule has 148 valence electrons. The largest absolute Gasteiger partial charge is 0.494 e. The van der Waals surface area contributed by atoms with Crippen molar-refractivity contribution >= 4 is 22.6 Å². The molecule has 0 spiro atoms. The minimum Gasteiger partial charge on any atom is -0.494 e. The number of para-hydroxylation sites is 2. The fraction of sp³-hybridized carbons (Fsp3) is 0.208. The molecule has 0 aliphatic carbocycles. The van der Waals surface area contributed by atoms with E-state index in [1.165, 1.54) is 5.56 Å². The van der Waals surface area contributed by atoms with Gasteiger partial charge in [0.05, 0.1) is 17.6 Å². The fourth-order valence-electron chi connectivity index (χ4n) is 3.28. The second-order valence-corrected chi connectivity index (χ2v) is 7.37. The van der Waals surface area contributed by atoms with Crippen molar-refractivity contribution in [2.45, 2.75) is 26.5 Å². The summed E-state index contributed by atoms with van der Waals surface area (Å²) in [6, 6.07) is 23.7. The van der Waals surface area contributed by atoms with Crippen LogP contribution in [-0.4, -0.2) is 16.2 Å². The lowest BCUT2D eigenvalue weighted by Gasteiger charge is -2.11. The minimum absolute atomic E-state index is 0.398. The van der Waals surface area contributed by atoms with Gasteiger partial charge < -0.3 is 14.0 Å². The van der Waals surface area contributed by atoms with Crippen LogP contribution in [0.4, 0.5) is 0 Å². The Morgan fingerprint density at radius 2 is 1.72 bits per heavy atom. The summed E-state index contributed by atoms with van der Waals surface area (Å²) in [4.78, 5) is 4.76. The number of rotatable bonds is 8. The molecule has 0 radical (unpaired) electrons. The van der Waals surface area contributed by atoms with Gasteiger partial charge in [0.25, 0.3) is 0 Å². The SMILES string of the molecule is Cc1cccc(OCCCn2c(COc3ccc(Cl)cc3)nc3ccccc32)c1. The van der Waals surface area contributed by atoms with Crippen LogP contribution in [0.3, 0.4) is 0 Å². The van der Waals surface area contributed by atoms with Crippen LogP contribution in [0.2, 0.25) is 5.02 Å². The van der Waals surface area contributed by atoms with E-state index in [9.17, 15) is 0 Å². The second kappa shape index (κ2) is 9.01. The molecule has 4 rings (SSSR count). The number of halogens is 1. The standard InChI is InChI=1S/C24H23ClN2O2/c1-18-6-4-7-21(16-18)28-15-5-14-27-23-9-3-2-8-22(23)26-24(27)17-29-20-12-10-19(25)11-13-20/h2-4,6-13,16H,5,14-15,17H2,1H3. The summed E-state index contributed by atoms with van der Waals surface area (Å²) in [6.45, 7) is 3.92. The van der Waals surface area contributed by atoms with Gasteiger partial charge >= 0.3 is 0 Å². The van der Waals surface area contributed by atoms with Gasteiger partial charge in [-0.15, -0.1) is 0 Å². The molecule has 3 aromatic carbocycles. The highest BCUT2D eigenvalue weighted by Crippen LogP contribution is 2.20. The predicted octanol–water partition coefficient (Wildman–Crippen LogP) is 6.05. The smallest absolute Gasteiger partial charge is 0.147 e. The Hall–Kier alpha value is -2.98. The zero-order valence-electron chi connectivity index (χ0n) is 16.3. The summed E-state index contributed by atoms with van der Waals surface area (Å²) in [7, 11) is 0. The van der Waals surface area contributed by atoms with Crippen molar-refractivity contribution in [3.63, 3.8) is 0 Å². The summed E-state index contributed by atoms with van der Waals surface area (Å²) in [5.74, 6) is 2.58. The van der Waals surface area contributed by atoms with E-state index in [4.69, 9.17) is 26.1 Å². The van der Waals surface area contributed by atoms with Gasteiger partial charge in [-0.1, -0.05) is 35.9 Å². The summed E-state index contributed by atoms with van der Waals surface area (Å²) in [5.41, 5.74) is 3.28. The Balaban J connectivity index is 1.43. The lowest BCUT2D eigenvalue weighted by atomic mass is 10.2. The van der Waals surface area contributed by atoms with Crippen LogP contribution < -0.4 is 9.47 Å². The monoisotopic (exact) mass is 406 g/mol. The number of aryl methyl sites for hydroxylation is 2. The van der Waals surface area contributed by atoms with Gasteiger partial charge in [0, 0.05) is 11.6 Å². The molecule has 1 heterocycles. The molecular weight excluding hydrogens is 384 g/mol. The predicted molar refractivity (Wildman–Crippen MR) is 117 cm³/mol. The first-order valence-electron chi connectivity index (χ1n) is 9.71. The zero-order chi connectivity index (χ0) is 20.1. The van der Waals surface area contributed by atoms with Crippen molar-refractivity contribution in [3.8, 4) is 11.5 Å². The Kier molecular flexibility index (Phi) is 6.01. The van der Waals surface area contributed by atoms with Crippen molar-refractivity contribution in [2.75, 3.05) is 6.61 Å². The Labute approximate surface area is 175 Å². The normalized spacial score (nSPS) is 11.0. The molecule has 0 saturated carbocycles. The molecular formula is C24H23ClN2O2. The van der Waals surface area contributed by atoms with Gasteiger partial charge in [0.15, 0.2) is 0 Å². The molecule has 0 saturated heterocycles. The number of benzene rings is 3. The van der Waals surface area contributed by atoms with E-state index >= 15 is 0 Å². The molecule has 0 aliphatic rings. The molecule has 4 aromatic rings. The van der Waals surface area contributed by atoms with Crippen molar-refractivity contribution in [3.05, 3.63) is 89.2 Å². The van der Waals surface area contributed by atoms with E-state index in [0.717, 1.165) is 41.3 Å². The maximum absolute atomic E-state index is 5.95. The first kappa shape index (κ1) is 19.3. The summed E-state index contributed by atoms with van der Waals surface area (Å²) in [5, 5.41) is 0.693. The molecule has 0 aliphatic heterocycles. The first-order chi connectivity index (χ1) is 14.2. The van der Waals surface area contributed by atoms with E-state index in [0.29, 0.717) is 18.2 Å². The summed E-state index contributed by atoms with van der Waals surface area (Å²) >= 11 is 5.95. The molecule has 5 heteroatoms. The second-order valence-electron chi connectivity index (χ2n) is 6.93. The maximum atomic E-state index is 5.95. The highest BCUT2D eigenvalue weighted by atomic mass is 35.5. The molecule has 0 N–H and O–H groups in total. The van der Waals surface area contributed by atoms with E-state index in [1.54, 1.807) is 0 Å². The van der Waals surface area contributed by atoms with Crippen LogP contribution in [0.5, 0.6) is 11.5 Å². The highest BCUT2D eigenvalue weighted by Gasteiger charge is 2.11. The van der Waals surface area contributed by atoms with Gasteiger partial charge in [0.1, 0.15) is 23.9 Å². The van der Waals surface area contributed by atoms with Gasteiger partial charge in [-0.05, 0) is 67.4 Å². The van der Waals surface area contributed by atoms with E-state index in [-0.39, 0.29) is 0 Å². The Morgan fingerprint density at radius 1 is 0.897 bits per heavy atom. The topological polar surface area (TPSA) is 36.3 Å². The number of hydrogen-bond donors (Lipinski definition) is 0. The third-order valence-corrected chi connectivity index (χ3v) is 4.95. The quantitative estimate of drug-likeness (QED) is 0.334. The molecule has 0 atom stereocenters. The number of imidazole rings is 1. The average Bonchev–Trinajstić information content (AvgIpc) is 3.08. The van der Waals surface area contributed by atoms with Crippen LogP contribution in [0.1, 0.15) is 17.8 Å². The molecule has 0 bridgehead atoms. The molecule has 0 amide bonds. The van der Waals surface area contributed by atoms with E-state index in [1.807, 2.05) is 54.6 Å². The maximum Gasteiger partial charge on any atom is 0.147 e. The van der Waals surface area contributed by atoms with Gasteiger partial charge in [-0.25, -0.2) is 4.98 Å². The lowest BCUT2D eigenvalue weighted by Crippen LogP contribution is -2.10. The third-order valence-electron chi connectivity index (χ3n) is 4.70. The van der Waals surface area contributed by atoms with Gasteiger partial charge in [-0.3, -0.25) is 0 Å². The molecule has 0 unspecified atom stereocenters. The number of ether oxygens (including phenoxy) is 2. The zero-order valence-corrected chi connectivity index (χ0v) is 17.1. The first-order valence-corrected chi connectivity index (χ1v) is 10.1. The number of nitrogens with zero attached hydrogens (tertiary/aromatic N) is 2. The summed E-state index contributed by atoms with van der Waals surface area (Å²) < 4.78 is 14.0. The molecule has 29 heavy (non-hydrogen) atoms. The van der Waals surface area contributed by atoms with Crippen LogP contribution in [0.25, 0.3) is 11.0 Å². The summed E-state index contributed by atoms with van der Waals surface area (Å²) in [6.07, 6.45) is 0.877. The van der Waals surface area contributed by atoms with E-state index < -0.39 is 0 Å². The van der Waals surface area contributed by atoms with Crippen LogP contribution >= 0.6 is 11.6 Å². The third kappa shape index (κ3) is 4.90. The minimum atomic E-state index is 0.398. The van der Waals surface area contributed by atoms with Crippen molar-refractivity contribution in [2.24, 2.45) is 0 Å². The van der Waals surface area contributed by atoms with Crippen LogP contribution in [-0.2, 0) is 13.2 Å². The molecule has 0 fully saturated rings. The lowest BCUT2D eigenvalue weighted by molar-refractivity contribution is 0.280. The molecule has 4 nitrogen and oxygen atoms in total. The van der Waals surface area contributed by atoms with Crippen LogP contribution in [0, 0.1) is 6.92 Å². The number of fused-ring (bicyclic) bond motifs is 1. The Morgan fingerprint density at radius 3 is 2.55 bits per heavy atom. The molecule has 1 aromatic heterocycles. The van der Waals surface area contributed by atoms with Crippen molar-refractivity contribution in [1.29, 1.82) is 0 Å². The number of aromatic nitrogens is 2. The fourth-order valence-corrected chi connectivity index (χ4v) is 3.41. The van der Waals surface area contributed by atoms with Crippen molar-refractivity contribution in [1.82, 2.24) is 9.55 Å². The average molecular weight is 407 g/mol. The van der Waals surface area contributed by atoms with Gasteiger partial charge in [0.2, 0.25) is 0 Å². The Bertz CT molecular complexity index is 1090. The van der Waals surface area contributed by atoms with E-state index in [2.05, 4.69) is 29.7 Å². The number of hydrogen-bond acceptors (Lipinski definition) is 3.